The van der Waals surface area contributed by atoms with Crippen LogP contribution in [-0.2, 0) is 6.42 Å². The van der Waals surface area contributed by atoms with E-state index in [0.29, 0.717) is 12.0 Å². The Kier molecular flexibility index (Phi) is 3.74. The molecule has 1 amide bonds. The topological polar surface area (TPSA) is 58.9 Å². The fraction of sp³-hybridized carbons (Fsp3) is 0.357. The maximum absolute atomic E-state index is 12.3. The molecule has 1 aromatic heterocycles. The second-order valence-electron chi connectivity index (χ2n) is 5.09. The number of carbonyl (C=O) groups excluding carboxylic acids is 1. The molecule has 0 radical (unpaired) electrons. The van der Waals surface area contributed by atoms with E-state index >= 15 is 0 Å². The zero-order valence-corrected chi connectivity index (χ0v) is 10.9. The maximum atomic E-state index is 12.3. The summed E-state index contributed by atoms with van der Waals surface area (Å²) in [7, 11) is 0. The van der Waals surface area contributed by atoms with Gasteiger partial charge in [0.05, 0.1) is 0 Å². The number of nitrogens with one attached hydrogen (secondary N) is 1. The number of rotatable bonds is 4. The van der Waals surface area contributed by atoms with E-state index in [-0.39, 0.29) is 0 Å². The van der Waals surface area contributed by atoms with Crippen molar-refractivity contribution < 1.29 is 18.0 Å². The predicted octanol–water partition coefficient (Wildman–Crippen LogP) is 3.40. The molecule has 1 aromatic carbocycles. The Morgan fingerprint density at radius 1 is 1.35 bits per heavy atom. The van der Waals surface area contributed by atoms with Crippen molar-refractivity contribution in [1.82, 2.24) is 4.98 Å². The van der Waals surface area contributed by atoms with Crippen molar-refractivity contribution >= 4 is 16.8 Å². The van der Waals surface area contributed by atoms with Gasteiger partial charge in [-0.2, -0.15) is 13.2 Å². The van der Waals surface area contributed by atoms with Crippen molar-refractivity contribution in [2.45, 2.75) is 25.9 Å². The maximum Gasteiger partial charge on any atom is 0.389 e. The number of H-pyrrole nitrogens is 1. The van der Waals surface area contributed by atoms with Crippen molar-refractivity contribution in [1.29, 1.82) is 0 Å². The number of nitrogens with two attached hydrogens (primary N) is 1. The molecule has 2 rings (SSSR count). The zero-order chi connectivity index (χ0) is 14.9. The summed E-state index contributed by atoms with van der Waals surface area (Å²) >= 11 is 0. The summed E-state index contributed by atoms with van der Waals surface area (Å²) < 4.78 is 36.9. The SMILES string of the molecule is CC(Cc1cc2cc(C(N)=O)ccc2[nH]1)CC(F)(F)F. The number of hydrogen-bond donors (Lipinski definition) is 2. The van der Waals surface area contributed by atoms with E-state index in [0.717, 1.165) is 16.6 Å². The molecular weight excluding hydrogens is 269 g/mol. The fourth-order valence-corrected chi connectivity index (χ4v) is 2.30. The van der Waals surface area contributed by atoms with E-state index in [1.165, 1.54) is 0 Å². The molecule has 20 heavy (non-hydrogen) atoms. The molecule has 3 nitrogen and oxygen atoms in total. The molecule has 6 heteroatoms. The van der Waals surface area contributed by atoms with Gasteiger partial charge in [0.2, 0.25) is 5.91 Å². The Labute approximate surface area is 114 Å². The van der Waals surface area contributed by atoms with Gasteiger partial charge in [0.25, 0.3) is 0 Å². The van der Waals surface area contributed by atoms with Crippen LogP contribution in [0.2, 0.25) is 0 Å². The van der Waals surface area contributed by atoms with Crippen molar-refractivity contribution in [2.75, 3.05) is 0 Å². The van der Waals surface area contributed by atoms with E-state index in [9.17, 15) is 18.0 Å². The number of amides is 1. The second-order valence-corrected chi connectivity index (χ2v) is 5.09. The summed E-state index contributed by atoms with van der Waals surface area (Å²) in [5.74, 6) is -1.03. The van der Waals surface area contributed by atoms with E-state index in [4.69, 9.17) is 5.73 Å². The van der Waals surface area contributed by atoms with Gasteiger partial charge in [-0.15, -0.1) is 0 Å². The number of halogens is 3. The highest BCUT2D eigenvalue weighted by molar-refractivity contribution is 5.97. The number of benzene rings is 1. The summed E-state index contributed by atoms with van der Waals surface area (Å²) in [4.78, 5) is 14.1. The number of alkyl halides is 3. The molecule has 0 aliphatic heterocycles. The average Bonchev–Trinajstić information content (AvgIpc) is 2.66. The Balaban J connectivity index is 2.17. The standard InChI is InChI=1S/C14H15F3N2O/c1-8(7-14(15,16)17)4-11-6-10-5-9(13(18)20)2-3-12(10)19-11/h2-3,5-6,8,19H,4,7H2,1H3,(H2,18,20). The summed E-state index contributed by atoms with van der Waals surface area (Å²) in [5.41, 5.74) is 7.07. The molecule has 0 saturated heterocycles. The molecule has 0 aliphatic rings. The molecule has 1 atom stereocenters. The van der Waals surface area contributed by atoms with Gasteiger partial charge in [-0.1, -0.05) is 6.92 Å². The molecule has 0 fully saturated rings. The number of carbonyl (C=O) groups is 1. The third-order valence-electron chi connectivity index (χ3n) is 3.11. The van der Waals surface area contributed by atoms with Crippen LogP contribution in [0.25, 0.3) is 10.9 Å². The quantitative estimate of drug-likeness (QED) is 0.888. The van der Waals surface area contributed by atoms with Gasteiger partial charge in [-0.3, -0.25) is 4.79 Å². The van der Waals surface area contributed by atoms with Crippen LogP contribution in [0.1, 0.15) is 29.4 Å². The minimum Gasteiger partial charge on any atom is -0.366 e. The van der Waals surface area contributed by atoms with Crippen LogP contribution in [0.5, 0.6) is 0 Å². The van der Waals surface area contributed by atoms with Crippen molar-refractivity contribution in [2.24, 2.45) is 11.7 Å². The minimum absolute atomic E-state index is 0.306. The van der Waals surface area contributed by atoms with Gasteiger partial charge < -0.3 is 10.7 Å². The Morgan fingerprint density at radius 3 is 2.65 bits per heavy atom. The first kappa shape index (κ1) is 14.4. The lowest BCUT2D eigenvalue weighted by atomic mass is 10.0. The van der Waals surface area contributed by atoms with Crippen LogP contribution in [0.4, 0.5) is 13.2 Å². The van der Waals surface area contributed by atoms with Crippen molar-refractivity contribution in [3.63, 3.8) is 0 Å². The monoisotopic (exact) mass is 284 g/mol. The van der Waals surface area contributed by atoms with E-state index in [1.54, 1.807) is 31.2 Å². The van der Waals surface area contributed by atoms with Crippen LogP contribution in [0.15, 0.2) is 24.3 Å². The van der Waals surface area contributed by atoms with Gasteiger partial charge >= 0.3 is 6.18 Å². The molecule has 108 valence electrons. The third-order valence-corrected chi connectivity index (χ3v) is 3.11. The number of hydrogen-bond acceptors (Lipinski definition) is 1. The molecule has 0 spiro atoms. The third kappa shape index (κ3) is 3.53. The zero-order valence-electron chi connectivity index (χ0n) is 10.9. The molecular formula is C14H15F3N2O. The Bertz CT molecular complexity index is 631. The number of aromatic nitrogens is 1. The Hall–Kier alpha value is -1.98. The highest BCUT2D eigenvalue weighted by Crippen LogP contribution is 2.27. The molecule has 3 N–H and O–H groups in total. The minimum atomic E-state index is -4.15. The van der Waals surface area contributed by atoms with Crippen LogP contribution < -0.4 is 5.73 Å². The molecule has 1 heterocycles. The summed E-state index contributed by atoms with van der Waals surface area (Å²) in [6.07, 6.45) is -4.65. The molecule has 1 unspecified atom stereocenters. The largest absolute Gasteiger partial charge is 0.389 e. The predicted molar refractivity (Wildman–Crippen MR) is 70.4 cm³/mol. The van der Waals surface area contributed by atoms with Gasteiger partial charge in [-0.05, 0) is 36.6 Å². The van der Waals surface area contributed by atoms with E-state index in [2.05, 4.69) is 4.98 Å². The molecule has 0 bridgehead atoms. The van der Waals surface area contributed by atoms with Crippen LogP contribution in [0.3, 0.4) is 0 Å². The second kappa shape index (κ2) is 5.19. The smallest absolute Gasteiger partial charge is 0.366 e. The van der Waals surface area contributed by atoms with Crippen LogP contribution >= 0.6 is 0 Å². The van der Waals surface area contributed by atoms with Gasteiger partial charge in [0.1, 0.15) is 0 Å². The first-order valence-electron chi connectivity index (χ1n) is 6.23. The highest BCUT2D eigenvalue weighted by Gasteiger charge is 2.30. The lowest BCUT2D eigenvalue weighted by Crippen LogP contribution is -2.14. The first-order chi connectivity index (χ1) is 9.24. The van der Waals surface area contributed by atoms with Gasteiger partial charge in [0, 0.05) is 28.6 Å². The van der Waals surface area contributed by atoms with Crippen LogP contribution in [0, 0.1) is 5.92 Å². The molecule has 0 aliphatic carbocycles. The summed E-state index contributed by atoms with van der Waals surface area (Å²) in [6.45, 7) is 1.56. The van der Waals surface area contributed by atoms with Crippen LogP contribution in [-0.4, -0.2) is 17.1 Å². The van der Waals surface area contributed by atoms with Gasteiger partial charge in [-0.25, -0.2) is 0 Å². The van der Waals surface area contributed by atoms with E-state index in [1.807, 2.05) is 0 Å². The highest BCUT2D eigenvalue weighted by atomic mass is 19.4. The average molecular weight is 284 g/mol. The summed E-state index contributed by atoms with van der Waals surface area (Å²) in [5, 5.41) is 0.774. The first-order valence-corrected chi connectivity index (χ1v) is 6.23. The summed E-state index contributed by atoms with van der Waals surface area (Å²) in [6, 6.07) is 6.68. The Morgan fingerprint density at radius 2 is 2.05 bits per heavy atom. The number of primary amides is 1. The number of fused-ring (bicyclic) bond motifs is 1. The lowest BCUT2D eigenvalue weighted by Gasteiger charge is -2.12. The lowest BCUT2D eigenvalue weighted by molar-refractivity contribution is -0.143. The molecule has 2 aromatic rings. The normalized spacial score (nSPS) is 13.6. The van der Waals surface area contributed by atoms with Gasteiger partial charge in [0.15, 0.2) is 0 Å². The number of aromatic amines is 1. The molecule has 0 saturated carbocycles. The fourth-order valence-electron chi connectivity index (χ4n) is 2.30. The van der Waals surface area contributed by atoms with Crippen molar-refractivity contribution in [3.05, 3.63) is 35.5 Å². The van der Waals surface area contributed by atoms with Crippen molar-refractivity contribution in [3.8, 4) is 0 Å². The van der Waals surface area contributed by atoms with E-state index < -0.39 is 24.4 Å².